The second-order valence-corrected chi connectivity index (χ2v) is 10.0. The maximum absolute atomic E-state index is 13.2. The molecule has 2 aromatic carbocycles. The molecule has 2 aliphatic heterocycles. The number of ether oxygens (including phenoxy) is 2. The summed E-state index contributed by atoms with van der Waals surface area (Å²) in [6.45, 7) is 2.09. The normalized spacial score (nSPS) is 21.6. The van der Waals surface area contributed by atoms with Gasteiger partial charge in [-0.2, -0.15) is 0 Å². The Hall–Kier alpha value is -3.34. The van der Waals surface area contributed by atoms with Gasteiger partial charge in [0.1, 0.15) is 18.1 Å². The SMILES string of the molecule is C[C@H](NC(=O)c1cc(Cl)c(N)c(Cl)c1)C(=O)N1CCC[C@H]1C(=O)N[C@H]1CC(=O)OC1OCc1ccccc1. The Bertz CT molecular complexity index is 1200. The van der Waals surface area contributed by atoms with Gasteiger partial charge in [0.2, 0.25) is 18.1 Å². The van der Waals surface area contributed by atoms with Crippen LogP contribution in [-0.4, -0.2) is 59.6 Å². The van der Waals surface area contributed by atoms with Gasteiger partial charge in [0.05, 0.1) is 28.8 Å². The molecule has 1 unspecified atom stereocenters. The average molecular weight is 563 g/mol. The summed E-state index contributed by atoms with van der Waals surface area (Å²) < 4.78 is 11.0. The van der Waals surface area contributed by atoms with Crippen molar-refractivity contribution in [2.45, 2.75) is 57.2 Å². The first kappa shape index (κ1) is 27.7. The lowest BCUT2D eigenvalue weighted by Crippen LogP contribution is -2.54. The van der Waals surface area contributed by atoms with Crippen molar-refractivity contribution in [3.63, 3.8) is 0 Å². The first-order valence-corrected chi connectivity index (χ1v) is 12.9. The minimum atomic E-state index is -0.936. The van der Waals surface area contributed by atoms with Crippen LogP contribution in [0.1, 0.15) is 42.1 Å². The van der Waals surface area contributed by atoms with Crippen molar-refractivity contribution in [1.82, 2.24) is 15.5 Å². The van der Waals surface area contributed by atoms with Crippen LogP contribution in [0.3, 0.4) is 0 Å². The lowest BCUT2D eigenvalue weighted by molar-refractivity contribution is -0.168. The first-order valence-electron chi connectivity index (χ1n) is 12.1. The zero-order chi connectivity index (χ0) is 27.4. The quantitative estimate of drug-likeness (QED) is 0.332. The first-order chi connectivity index (χ1) is 18.1. The fraction of sp³-hybridized carbons (Fsp3) is 0.385. The number of nitrogen functional groups attached to an aromatic ring is 1. The predicted molar refractivity (Wildman–Crippen MR) is 140 cm³/mol. The van der Waals surface area contributed by atoms with Crippen molar-refractivity contribution in [1.29, 1.82) is 0 Å². The number of halogens is 2. The summed E-state index contributed by atoms with van der Waals surface area (Å²) >= 11 is 12.0. The van der Waals surface area contributed by atoms with Gasteiger partial charge in [-0.25, -0.2) is 0 Å². The molecule has 2 aliphatic rings. The van der Waals surface area contributed by atoms with Gasteiger partial charge in [-0.05, 0) is 37.5 Å². The molecule has 2 fully saturated rings. The highest BCUT2D eigenvalue weighted by atomic mass is 35.5. The molecule has 2 aromatic rings. The molecule has 10 nitrogen and oxygen atoms in total. The van der Waals surface area contributed by atoms with E-state index in [1.807, 2.05) is 30.3 Å². The van der Waals surface area contributed by atoms with E-state index in [2.05, 4.69) is 10.6 Å². The fourth-order valence-corrected chi connectivity index (χ4v) is 4.93. The lowest BCUT2D eigenvalue weighted by atomic mass is 10.1. The Morgan fingerprint density at radius 2 is 1.87 bits per heavy atom. The van der Waals surface area contributed by atoms with Crippen molar-refractivity contribution in [2.24, 2.45) is 0 Å². The Kier molecular flexibility index (Phi) is 8.76. The van der Waals surface area contributed by atoms with Crippen LogP contribution in [0, 0.1) is 0 Å². The van der Waals surface area contributed by atoms with Gasteiger partial charge in [0.25, 0.3) is 5.91 Å². The zero-order valence-electron chi connectivity index (χ0n) is 20.6. The summed E-state index contributed by atoms with van der Waals surface area (Å²) in [7, 11) is 0. The number of carbonyl (C=O) groups excluding carboxylic acids is 4. The van der Waals surface area contributed by atoms with Crippen LogP contribution in [-0.2, 0) is 30.5 Å². The van der Waals surface area contributed by atoms with E-state index in [0.29, 0.717) is 19.4 Å². The number of esters is 1. The molecule has 0 bridgehead atoms. The van der Waals surface area contributed by atoms with Gasteiger partial charge in [-0.15, -0.1) is 0 Å². The van der Waals surface area contributed by atoms with Crippen LogP contribution >= 0.6 is 23.2 Å². The molecule has 3 amide bonds. The monoisotopic (exact) mass is 562 g/mol. The third kappa shape index (κ3) is 6.38. The molecule has 38 heavy (non-hydrogen) atoms. The summed E-state index contributed by atoms with van der Waals surface area (Å²) in [5, 5.41) is 5.68. The number of carbonyl (C=O) groups is 4. The van der Waals surface area contributed by atoms with E-state index in [4.69, 9.17) is 38.4 Å². The Labute approximate surface area is 229 Å². The fourth-order valence-electron chi connectivity index (χ4n) is 4.45. The van der Waals surface area contributed by atoms with E-state index in [1.165, 1.54) is 24.0 Å². The maximum Gasteiger partial charge on any atom is 0.310 e. The molecule has 0 saturated carbocycles. The van der Waals surface area contributed by atoms with Gasteiger partial charge >= 0.3 is 5.97 Å². The van der Waals surface area contributed by atoms with Crippen LogP contribution in [0.2, 0.25) is 10.0 Å². The Morgan fingerprint density at radius 3 is 2.55 bits per heavy atom. The van der Waals surface area contributed by atoms with Gasteiger partial charge in [-0.1, -0.05) is 53.5 Å². The molecule has 4 N–H and O–H groups in total. The van der Waals surface area contributed by atoms with Crippen LogP contribution in [0.5, 0.6) is 0 Å². The van der Waals surface area contributed by atoms with Gasteiger partial charge in [-0.3, -0.25) is 19.2 Å². The van der Waals surface area contributed by atoms with E-state index in [0.717, 1.165) is 5.56 Å². The highest BCUT2D eigenvalue weighted by molar-refractivity contribution is 6.39. The highest BCUT2D eigenvalue weighted by Crippen LogP contribution is 2.29. The molecule has 2 saturated heterocycles. The second-order valence-electron chi connectivity index (χ2n) is 9.21. The molecule has 0 aromatic heterocycles. The second kappa shape index (κ2) is 12.0. The number of nitrogens with zero attached hydrogens (tertiary/aromatic N) is 1. The summed E-state index contributed by atoms with van der Waals surface area (Å²) in [6, 6.07) is 9.73. The highest BCUT2D eigenvalue weighted by Gasteiger charge is 2.41. The number of likely N-dealkylation sites (tertiary alicyclic amines) is 1. The number of nitrogens with two attached hydrogens (primary N) is 1. The summed E-state index contributed by atoms with van der Waals surface area (Å²) in [5.74, 6) is -1.87. The van der Waals surface area contributed by atoms with Crippen LogP contribution in [0.4, 0.5) is 5.69 Å². The molecule has 202 valence electrons. The number of hydrogen-bond acceptors (Lipinski definition) is 7. The molecule has 0 aliphatic carbocycles. The summed E-state index contributed by atoms with van der Waals surface area (Å²) in [6.07, 6.45) is 0.0829. The number of rotatable bonds is 8. The number of hydrogen-bond donors (Lipinski definition) is 3. The van der Waals surface area contributed by atoms with Crippen molar-refractivity contribution < 1.29 is 28.7 Å². The van der Waals surface area contributed by atoms with Gasteiger partial charge in [0, 0.05) is 12.1 Å². The third-order valence-corrected chi connectivity index (χ3v) is 7.07. The maximum atomic E-state index is 13.2. The van der Waals surface area contributed by atoms with Crippen LogP contribution in [0.15, 0.2) is 42.5 Å². The molecule has 0 radical (unpaired) electrons. The summed E-state index contributed by atoms with van der Waals surface area (Å²) in [4.78, 5) is 52.4. The molecule has 12 heteroatoms. The van der Waals surface area contributed by atoms with Gasteiger partial charge < -0.3 is 30.7 Å². The number of nitrogens with one attached hydrogen (secondary N) is 2. The van der Waals surface area contributed by atoms with Crippen LogP contribution in [0.25, 0.3) is 0 Å². The van der Waals surface area contributed by atoms with E-state index in [9.17, 15) is 19.2 Å². The number of cyclic esters (lactones) is 1. The predicted octanol–water partition coefficient (Wildman–Crippen LogP) is 2.66. The Morgan fingerprint density at radius 1 is 1.18 bits per heavy atom. The average Bonchev–Trinajstić information content (AvgIpc) is 3.52. The van der Waals surface area contributed by atoms with E-state index < -0.39 is 48.1 Å². The van der Waals surface area contributed by atoms with Crippen LogP contribution < -0.4 is 16.4 Å². The minimum Gasteiger partial charge on any atom is -0.433 e. The third-order valence-electron chi connectivity index (χ3n) is 6.45. The number of anilines is 1. The van der Waals surface area contributed by atoms with E-state index in [-0.39, 0.29) is 34.3 Å². The molecule has 0 spiro atoms. The molecular weight excluding hydrogens is 535 g/mol. The number of benzene rings is 2. The van der Waals surface area contributed by atoms with E-state index >= 15 is 0 Å². The summed E-state index contributed by atoms with van der Waals surface area (Å²) in [5.41, 5.74) is 6.92. The largest absolute Gasteiger partial charge is 0.433 e. The zero-order valence-corrected chi connectivity index (χ0v) is 22.1. The van der Waals surface area contributed by atoms with Crippen molar-refractivity contribution in [3.05, 3.63) is 63.6 Å². The molecular formula is C26H28Cl2N4O6. The molecule has 4 atom stereocenters. The van der Waals surface area contributed by atoms with Crippen molar-refractivity contribution in [2.75, 3.05) is 12.3 Å². The topological polar surface area (TPSA) is 140 Å². The van der Waals surface area contributed by atoms with E-state index in [1.54, 1.807) is 0 Å². The standard InChI is InChI=1S/C26H28Cl2N4O6/c1-14(30-23(34)16-10-17(27)22(29)18(28)11-16)25(36)32-9-5-8-20(32)24(35)31-19-12-21(33)38-26(19)37-13-15-6-3-2-4-7-15/h2-4,6-7,10-11,14,19-20,26H,5,8-9,12-13,29H2,1H3,(H,30,34)(H,31,35)/t14-,19-,20-,26?/m0/s1. The molecule has 2 heterocycles. The Balaban J connectivity index is 1.35. The van der Waals surface area contributed by atoms with Crippen molar-refractivity contribution in [3.8, 4) is 0 Å². The smallest absolute Gasteiger partial charge is 0.310 e. The van der Waals surface area contributed by atoms with Gasteiger partial charge in [0.15, 0.2) is 0 Å². The molecule has 4 rings (SSSR count). The number of amides is 3. The van der Waals surface area contributed by atoms with Crippen molar-refractivity contribution >= 4 is 52.6 Å². The minimum absolute atomic E-state index is 0.0367. The lowest BCUT2D eigenvalue weighted by Gasteiger charge is -2.28.